The maximum atomic E-state index is 12.9. The molecule has 0 saturated heterocycles. The summed E-state index contributed by atoms with van der Waals surface area (Å²) in [5.74, 6) is -0.559. The molecule has 3 aromatic carbocycles. The molecule has 2 heterocycles. The van der Waals surface area contributed by atoms with Crippen LogP contribution in [-0.2, 0) is 16.0 Å². The Morgan fingerprint density at radius 3 is 2.70 bits per heavy atom. The quantitative estimate of drug-likeness (QED) is 0.555. The van der Waals surface area contributed by atoms with Crippen LogP contribution in [0.1, 0.15) is 22.3 Å². The number of fused-ring (bicyclic) bond motifs is 2. The fraction of sp³-hybridized carbons (Fsp3) is 0.160. The first-order chi connectivity index (χ1) is 16.0. The van der Waals surface area contributed by atoms with Crippen molar-refractivity contribution in [3.63, 3.8) is 0 Å². The highest BCUT2D eigenvalue weighted by atomic mass is 35.5. The van der Waals surface area contributed by atoms with Crippen molar-refractivity contribution in [3.8, 4) is 0 Å². The normalized spacial score (nSPS) is 16.6. The minimum absolute atomic E-state index is 0.0316. The molecule has 2 aliphatic heterocycles. The molecule has 0 aromatic heterocycles. The fourth-order valence-electron chi connectivity index (χ4n) is 4.04. The van der Waals surface area contributed by atoms with E-state index in [-0.39, 0.29) is 24.1 Å². The molecule has 0 spiro atoms. The van der Waals surface area contributed by atoms with Gasteiger partial charge in [0, 0.05) is 39.8 Å². The standard InChI is InChI=1S/C25H20ClN3O3S/c26-17-7-10-21-19(13-17)28-24(31)22(33-21)14-23(30)27-18-8-5-16(6-9-18)25(32)29-12-11-15-3-1-2-4-20(15)29/h1-10,13,22H,11-12,14H2,(H,27,30)(H,28,31). The highest BCUT2D eigenvalue weighted by molar-refractivity contribution is 8.01. The van der Waals surface area contributed by atoms with Gasteiger partial charge < -0.3 is 15.5 Å². The van der Waals surface area contributed by atoms with Crippen molar-refractivity contribution in [2.24, 2.45) is 0 Å². The van der Waals surface area contributed by atoms with E-state index in [1.807, 2.05) is 30.3 Å². The number of nitrogens with one attached hydrogen (secondary N) is 2. The number of nitrogens with zero attached hydrogens (tertiary/aromatic N) is 1. The highest BCUT2D eigenvalue weighted by Gasteiger charge is 2.29. The smallest absolute Gasteiger partial charge is 0.258 e. The maximum absolute atomic E-state index is 12.9. The molecule has 3 aromatic rings. The second-order valence-electron chi connectivity index (χ2n) is 7.90. The average molecular weight is 478 g/mol. The lowest BCUT2D eigenvalue weighted by Crippen LogP contribution is -2.32. The summed E-state index contributed by atoms with van der Waals surface area (Å²) in [5.41, 5.74) is 3.92. The predicted octanol–water partition coefficient (Wildman–Crippen LogP) is 4.98. The third kappa shape index (κ3) is 4.47. The van der Waals surface area contributed by atoms with Gasteiger partial charge in [0.05, 0.1) is 10.9 Å². The Kier molecular flexibility index (Phi) is 5.83. The zero-order valence-corrected chi connectivity index (χ0v) is 19.1. The summed E-state index contributed by atoms with van der Waals surface area (Å²) in [7, 11) is 0. The number of halogens is 1. The van der Waals surface area contributed by atoms with Crippen LogP contribution in [0.5, 0.6) is 0 Å². The minimum Gasteiger partial charge on any atom is -0.326 e. The average Bonchev–Trinajstić information content (AvgIpc) is 3.24. The monoisotopic (exact) mass is 477 g/mol. The molecule has 6 nitrogen and oxygen atoms in total. The van der Waals surface area contributed by atoms with Crippen LogP contribution in [0.25, 0.3) is 0 Å². The number of hydrogen-bond acceptors (Lipinski definition) is 4. The number of carbonyl (C=O) groups is 3. The van der Waals surface area contributed by atoms with Crippen molar-refractivity contribution in [1.29, 1.82) is 0 Å². The van der Waals surface area contributed by atoms with E-state index in [1.54, 1.807) is 41.3 Å². The van der Waals surface area contributed by atoms with Crippen molar-refractivity contribution in [1.82, 2.24) is 0 Å². The van der Waals surface area contributed by atoms with E-state index in [4.69, 9.17) is 11.6 Å². The topological polar surface area (TPSA) is 78.5 Å². The number of amides is 3. The number of benzene rings is 3. The third-order valence-corrected chi connectivity index (χ3v) is 7.19. The third-order valence-electron chi connectivity index (χ3n) is 5.68. The zero-order chi connectivity index (χ0) is 22.9. The lowest BCUT2D eigenvalue weighted by molar-refractivity contribution is -0.120. The molecule has 0 radical (unpaired) electrons. The Bertz CT molecular complexity index is 1260. The summed E-state index contributed by atoms with van der Waals surface area (Å²) in [6.45, 7) is 0.660. The van der Waals surface area contributed by atoms with E-state index in [0.29, 0.717) is 28.5 Å². The first kappa shape index (κ1) is 21.6. The molecular formula is C25H20ClN3O3S. The van der Waals surface area contributed by atoms with Crippen molar-refractivity contribution in [3.05, 3.63) is 82.9 Å². The molecule has 3 amide bonds. The van der Waals surface area contributed by atoms with Gasteiger partial charge in [0.1, 0.15) is 0 Å². The SMILES string of the molecule is O=C(CC1Sc2ccc(Cl)cc2NC1=O)Nc1ccc(C(=O)N2CCc3ccccc32)cc1. The van der Waals surface area contributed by atoms with Crippen LogP contribution in [0.2, 0.25) is 5.02 Å². The summed E-state index contributed by atoms with van der Waals surface area (Å²) in [5, 5.41) is 5.63. The maximum Gasteiger partial charge on any atom is 0.258 e. The van der Waals surface area contributed by atoms with Crippen molar-refractivity contribution in [2.75, 3.05) is 22.1 Å². The number of anilines is 3. The summed E-state index contributed by atoms with van der Waals surface area (Å²) in [6, 6.07) is 20.0. The number of thioether (sulfide) groups is 1. The van der Waals surface area contributed by atoms with Gasteiger partial charge in [0.2, 0.25) is 11.8 Å². The predicted molar refractivity (Wildman–Crippen MR) is 131 cm³/mol. The van der Waals surface area contributed by atoms with Gasteiger partial charge in [-0.2, -0.15) is 0 Å². The highest BCUT2D eigenvalue weighted by Crippen LogP contribution is 2.38. The summed E-state index contributed by atoms with van der Waals surface area (Å²) >= 11 is 7.32. The van der Waals surface area contributed by atoms with Gasteiger partial charge in [0.15, 0.2) is 0 Å². The number of carbonyl (C=O) groups excluding carboxylic acids is 3. The molecule has 166 valence electrons. The van der Waals surface area contributed by atoms with Gasteiger partial charge >= 0.3 is 0 Å². The summed E-state index contributed by atoms with van der Waals surface area (Å²) < 4.78 is 0. The van der Waals surface area contributed by atoms with Crippen LogP contribution in [0.15, 0.2) is 71.6 Å². The van der Waals surface area contributed by atoms with Gasteiger partial charge in [-0.1, -0.05) is 29.8 Å². The molecule has 5 rings (SSSR count). The number of para-hydroxylation sites is 1. The zero-order valence-electron chi connectivity index (χ0n) is 17.5. The first-order valence-corrected chi connectivity index (χ1v) is 11.8. The Balaban J connectivity index is 1.21. The number of hydrogen-bond donors (Lipinski definition) is 2. The van der Waals surface area contributed by atoms with Crippen molar-refractivity contribution < 1.29 is 14.4 Å². The first-order valence-electron chi connectivity index (χ1n) is 10.5. The summed E-state index contributed by atoms with van der Waals surface area (Å²) in [4.78, 5) is 40.6. The lowest BCUT2D eigenvalue weighted by atomic mass is 10.1. The molecule has 1 atom stereocenters. The van der Waals surface area contributed by atoms with Crippen molar-refractivity contribution in [2.45, 2.75) is 23.0 Å². The van der Waals surface area contributed by atoms with E-state index in [9.17, 15) is 14.4 Å². The van der Waals surface area contributed by atoms with Gasteiger partial charge in [-0.25, -0.2) is 0 Å². The molecular weight excluding hydrogens is 458 g/mol. The Labute approximate surface area is 200 Å². The molecule has 0 bridgehead atoms. The fourth-order valence-corrected chi connectivity index (χ4v) is 5.30. The second kappa shape index (κ2) is 8.92. The van der Waals surface area contributed by atoms with Crippen LogP contribution in [0, 0.1) is 0 Å². The van der Waals surface area contributed by atoms with Gasteiger partial charge in [-0.15, -0.1) is 11.8 Å². The molecule has 0 fully saturated rings. The minimum atomic E-state index is -0.533. The molecule has 0 aliphatic carbocycles. The van der Waals surface area contributed by atoms with E-state index in [1.165, 1.54) is 17.3 Å². The van der Waals surface area contributed by atoms with Gasteiger partial charge in [-0.3, -0.25) is 14.4 Å². The van der Waals surface area contributed by atoms with E-state index >= 15 is 0 Å². The molecule has 8 heteroatoms. The van der Waals surface area contributed by atoms with Crippen LogP contribution in [0.3, 0.4) is 0 Å². The van der Waals surface area contributed by atoms with Crippen LogP contribution in [0.4, 0.5) is 17.1 Å². The lowest BCUT2D eigenvalue weighted by Gasteiger charge is -2.23. The van der Waals surface area contributed by atoms with E-state index < -0.39 is 5.25 Å². The second-order valence-corrected chi connectivity index (χ2v) is 9.58. The Morgan fingerprint density at radius 2 is 1.88 bits per heavy atom. The van der Waals surface area contributed by atoms with Gasteiger partial charge in [0.25, 0.3) is 5.91 Å². The summed E-state index contributed by atoms with van der Waals surface area (Å²) in [6.07, 6.45) is 0.879. The molecule has 0 saturated carbocycles. The van der Waals surface area contributed by atoms with E-state index in [0.717, 1.165) is 17.0 Å². The van der Waals surface area contributed by atoms with Crippen LogP contribution >= 0.6 is 23.4 Å². The Morgan fingerprint density at radius 1 is 1.09 bits per heavy atom. The molecule has 33 heavy (non-hydrogen) atoms. The molecule has 1 unspecified atom stereocenters. The van der Waals surface area contributed by atoms with Crippen LogP contribution < -0.4 is 15.5 Å². The van der Waals surface area contributed by atoms with E-state index in [2.05, 4.69) is 10.6 Å². The number of rotatable bonds is 4. The van der Waals surface area contributed by atoms with Crippen LogP contribution in [-0.4, -0.2) is 29.5 Å². The van der Waals surface area contributed by atoms with Crippen molar-refractivity contribution >= 4 is 58.1 Å². The molecule has 2 N–H and O–H groups in total. The molecule has 2 aliphatic rings. The Hall–Kier alpha value is -3.29. The largest absolute Gasteiger partial charge is 0.326 e. The van der Waals surface area contributed by atoms with Gasteiger partial charge in [-0.05, 0) is 60.5 Å².